The Balaban J connectivity index is 1.74. The summed E-state index contributed by atoms with van der Waals surface area (Å²) in [6, 6.07) is 14.2. The number of imidazole rings is 1. The van der Waals surface area contributed by atoms with Crippen LogP contribution in [0.4, 0.5) is 0 Å². The number of rotatable bonds is 5. The molecule has 0 aliphatic carbocycles. The number of aryl methyl sites for hydroxylation is 2. The molecule has 0 aliphatic rings. The summed E-state index contributed by atoms with van der Waals surface area (Å²) in [4.78, 5) is 7.98. The summed E-state index contributed by atoms with van der Waals surface area (Å²) >= 11 is 0. The average Bonchev–Trinajstić information content (AvgIpc) is 2.95. The van der Waals surface area contributed by atoms with Crippen molar-refractivity contribution in [1.82, 2.24) is 9.97 Å². The maximum Gasteiger partial charge on any atom is 0.107 e. The minimum Gasteiger partial charge on any atom is -0.342 e. The zero-order valence-corrected chi connectivity index (χ0v) is 11.8. The van der Waals surface area contributed by atoms with Gasteiger partial charge in [-0.2, -0.15) is 0 Å². The van der Waals surface area contributed by atoms with Gasteiger partial charge in [0.1, 0.15) is 5.82 Å². The Morgan fingerprint density at radius 1 is 1.05 bits per heavy atom. The first kappa shape index (κ1) is 13.3. The Bertz CT molecular complexity index is 782. The zero-order chi connectivity index (χ0) is 14.7. The minimum absolute atomic E-state index is 0.877. The highest BCUT2D eigenvalue weighted by Gasteiger charge is 2.03. The number of hydrogen-bond donors (Lipinski definition) is 2. The predicted octanol–water partition coefficient (Wildman–Crippen LogP) is 3.99. The maximum absolute atomic E-state index is 7.20. The Morgan fingerprint density at radius 2 is 1.81 bits per heavy atom. The summed E-state index contributed by atoms with van der Waals surface area (Å²) in [5.41, 5.74) is 5.34. The molecule has 104 valence electrons. The Kier molecular flexibility index (Phi) is 3.65. The number of nitrogens with zero attached hydrogens (tertiary/aromatic N) is 1. The van der Waals surface area contributed by atoms with E-state index in [-0.39, 0.29) is 0 Å². The minimum atomic E-state index is 0.877. The molecular formula is C18H17N3. The van der Waals surface area contributed by atoms with Gasteiger partial charge in [-0.15, -0.1) is 0 Å². The first-order valence-corrected chi connectivity index (χ1v) is 6.99. The van der Waals surface area contributed by atoms with E-state index in [9.17, 15) is 0 Å². The smallest absolute Gasteiger partial charge is 0.107 e. The predicted molar refractivity (Wildman–Crippen MR) is 87.9 cm³/mol. The van der Waals surface area contributed by atoms with Crippen molar-refractivity contribution in [3.05, 3.63) is 71.6 Å². The van der Waals surface area contributed by atoms with Crippen molar-refractivity contribution < 1.29 is 0 Å². The standard InChI is InChI=1S/C18H17N3/c1-2-13-7-9-16-17(11-13)21-18(20-16)10-8-14-3-5-15(12-19)6-4-14/h2-7,9,11-12,19H,1,8,10H2,(H,20,21). The second-order valence-corrected chi connectivity index (χ2v) is 5.05. The largest absolute Gasteiger partial charge is 0.342 e. The van der Waals surface area contributed by atoms with Crippen molar-refractivity contribution in [3.63, 3.8) is 0 Å². The molecule has 2 N–H and O–H groups in total. The topological polar surface area (TPSA) is 52.5 Å². The molecule has 0 amide bonds. The lowest BCUT2D eigenvalue weighted by Crippen LogP contribution is -1.93. The molecule has 0 saturated carbocycles. The van der Waals surface area contributed by atoms with Crippen LogP contribution in [0.15, 0.2) is 49.0 Å². The summed E-state index contributed by atoms with van der Waals surface area (Å²) in [5, 5.41) is 7.20. The molecule has 1 heterocycles. The molecule has 2 aromatic carbocycles. The number of hydrogen-bond acceptors (Lipinski definition) is 2. The van der Waals surface area contributed by atoms with E-state index in [1.165, 1.54) is 11.8 Å². The van der Waals surface area contributed by atoms with E-state index in [4.69, 9.17) is 5.41 Å². The van der Waals surface area contributed by atoms with E-state index in [2.05, 4.69) is 34.7 Å². The Morgan fingerprint density at radius 3 is 2.52 bits per heavy atom. The normalized spacial score (nSPS) is 10.7. The van der Waals surface area contributed by atoms with E-state index in [1.54, 1.807) is 0 Å². The fourth-order valence-electron chi connectivity index (χ4n) is 2.37. The van der Waals surface area contributed by atoms with Gasteiger partial charge in [-0.05, 0) is 35.2 Å². The van der Waals surface area contributed by atoms with Gasteiger partial charge in [0.05, 0.1) is 11.0 Å². The third kappa shape index (κ3) is 2.92. The number of benzene rings is 2. The lowest BCUT2D eigenvalue weighted by molar-refractivity contribution is 0.890. The van der Waals surface area contributed by atoms with Gasteiger partial charge in [-0.3, -0.25) is 0 Å². The summed E-state index contributed by atoms with van der Waals surface area (Å²) < 4.78 is 0. The molecule has 3 heteroatoms. The molecule has 0 spiro atoms. The van der Waals surface area contributed by atoms with Gasteiger partial charge in [0.15, 0.2) is 0 Å². The average molecular weight is 275 g/mol. The van der Waals surface area contributed by atoms with Crippen molar-refractivity contribution in [2.24, 2.45) is 0 Å². The molecule has 3 rings (SSSR count). The van der Waals surface area contributed by atoms with E-state index in [0.29, 0.717) is 0 Å². The SMILES string of the molecule is C=Cc1ccc2nc(CCc3ccc(C=N)cc3)[nH]c2c1. The molecule has 1 aromatic heterocycles. The molecule has 21 heavy (non-hydrogen) atoms. The van der Waals surface area contributed by atoms with Gasteiger partial charge in [0.25, 0.3) is 0 Å². The van der Waals surface area contributed by atoms with Crippen LogP contribution in [0, 0.1) is 5.41 Å². The number of H-pyrrole nitrogens is 1. The van der Waals surface area contributed by atoms with Crippen LogP contribution in [0.3, 0.4) is 0 Å². The quantitative estimate of drug-likeness (QED) is 0.680. The first-order chi connectivity index (χ1) is 10.3. The number of nitrogens with one attached hydrogen (secondary N) is 2. The van der Waals surface area contributed by atoms with E-state index in [1.807, 2.05) is 30.3 Å². The molecule has 3 nitrogen and oxygen atoms in total. The van der Waals surface area contributed by atoms with Gasteiger partial charge in [0, 0.05) is 12.6 Å². The van der Waals surface area contributed by atoms with Crippen LogP contribution in [0.1, 0.15) is 22.5 Å². The van der Waals surface area contributed by atoms with Crippen LogP contribution in [0.2, 0.25) is 0 Å². The Hall–Kier alpha value is -2.68. The monoisotopic (exact) mass is 275 g/mol. The van der Waals surface area contributed by atoms with E-state index >= 15 is 0 Å². The first-order valence-electron chi connectivity index (χ1n) is 6.99. The van der Waals surface area contributed by atoms with E-state index < -0.39 is 0 Å². The van der Waals surface area contributed by atoms with Gasteiger partial charge in [-0.25, -0.2) is 4.98 Å². The summed E-state index contributed by atoms with van der Waals surface area (Å²) in [7, 11) is 0. The number of aromatic amines is 1. The molecule has 0 aliphatic heterocycles. The van der Waals surface area contributed by atoms with E-state index in [0.717, 1.165) is 40.8 Å². The van der Waals surface area contributed by atoms with Gasteiger partial charge < -0.3 is 10.4 Å². The molecule has 0 saturated heterocycles. The highest BCUT2D eigenvalue weighted by molar-refractivity contribution is 5.78. The summed E-state index contributed by atoms with van der Waals surface area (Å²) in [6.45, 7) is 3.78. The van der Waals surface area contributed by atoms with Crippen LogP contribution in [0.25, 0.3) is 17.1 Å². The molecule has 0 bridgehead atoms. The van der Waals surface area contributed by atoms with Crippen LogP contribution < -0.4 is 0 Å². The van der Waals surface area contributed by atoms with Crippen molar-refractivity contribution in [2.75, 3.05) is 0 Å². The molecule has 0 fully saturated rings. The lowest BCUT2D eigenvalue weighted by atomic mass is 10.1. The van der Waals surface area contributed by atoms with Crippen LogP contribution >= 0.6 is 0 Å². The fraction of sp³-hybridized carbons (Fsp3) is 0.111. The van der Waals surface area contributed by atoms with Crippen LogP contribution in [0.5, 0.6) is 0 Å². The van der Waals surface area contributed by atoms with Crippen molar-refractivity contribution in [1.29, 1.82) is 5.41 Å². The third-order valence-corrected chi connectivity index (χ3v) is 3.59. The van der Waals surface area contributed by atoms with Gasteiger partial charge >= 0.3 is 0 Å². The molecule has 0 unspecified atom stereocenters. The number of aromatic nitrogens is 2. The maximum atomic E-state index is 7.20. The molecular weight excluding hydrogens is 258 g/mol. The molecule has 3 aromatic rings. The molecule has 0 atom stereocenters. The Labute approximate surface area is 123 Å². The molecule has 0 radical (unpaired) electrons. The highest BCUT2D eigenvalue weighted by atomic mass is 14.9. The van der Waals surface area contributed by atoms with Crippen LogP contribution in [-0.2, 0) is 12.8 Å². The zero-order valence-electron chi connectivity index (χ0n) is 11.8. The number of fused-ring (bicyclic) bond motifs is 1. The fourth-order valence-corrected chi connectivity index (χ4v) is 2.37. The second-order valence-electron chi connectivity index (χ2n) is 5.05. The van der Waals surface area contributed by atoms with Crippen molar-refractivity contribution in [3.8, 4) is 0 Å². The highest BCUT2D eigenvalue weighted by Crippen LogP contribution is 2.15. The lowest BCUT2D eigenvalue weighted by Gasteiger charge is -2.00. The van der Waals surface area contributed by atoms with Crippen LogP contribution in [-0.4, -0.2) is 16.2 Å². The third-order valence-electron chi connectivity index (χ3n) is 3.59. The van der Waals surface area contributed by atoms with Gasteiger partial charge in [0.2, 0.25) is 0 Å². The van der Waals surface area contributed by atoms with Crippen molar-refractivity contribution >= 4 is 23.3 Å². The summed E-state index contributed by atoms with van der Waals surface area (Å²) in [6.07, 6.45) is 5.01. The van der Waals surface area contributed by atoms with Gasteiger partial charge in [-0.1, -0.05) is 43.0 Å². The second kappa shape index (κ2) is 5.75. The van der Waals surface area contributed by atoms with Crippen molar-refractivity contribution in [2.45, 2.75) is 12.8 Å². The summed E-state index contributed by atoms with van der Waals surface area (Å²) in [5.74, 6) is 1.00.